The fraction of sp³-hybridized carbons (Fsp3) is 0.167. The molecule has 1 aromatic carbocycles. The van der Waals surface area contributed by atoms with Crippen molar-refractivity contribution in [2.75, 3.05) is 16.8 Å². The van der Waals surface area contributed by atoms with E-state index in [1.807, 2.05) is 6.92 Å². The van der Waals surface area contributed by atoms with Crippen molar-refractivity contribution in [1.29, 1.82) is 0 Å². The predicted octanol–water partition coefficient (Wildman–Crippen LogP) is 2.30. The van der Waals surface area contributed by atoms with Crippen LogP contribution in [0.15, 0.2) is 40.2 Å². The Morgan fingerprint density at radius 2 is 2.39 bits per heavy atom. The molecule has 0 unspecified atom stereocenters. The van der Waals surface area contributed by atoms with Crippen LogP contribution in [0.1, 0.15) is 5.69 Å². The minimum Gasteiger partial charge on any atom is -0.440 e. The van der Waals surface area contributed by atoms with Gasteiger partial charge in [-0.25, -0.2) is 4.98 Å². The number of benzene rings is 1. The first-order valence-electron chi connectivity index (χ1n) is 5.34. The minimum atomic E-state index is -0.124. The number of aryl methyl sites for hydroxylation is 1. The molecule has 18 heavy (non-hydrogen) atoms. The lowest BCUT2D eigenvalue weighted by molar-refractivity contribution is -0.113. The summed E-state index contributed by atoms with van der Waals surface area (Å²) in [6.45, 7) is 1.83. The zero-order valence-corrected chi connectivity index (χ0v) is 10.7. The van der Waals surface area contributed by atoms with E-state index < -0.39 is 0 Å². The van der Waals surface area contributed by atoms with Crippen LogP contribution in [0.25, 0.3) is 0 Å². The molecule has 0 atom stereocenters. The third-order valence-corrected chi connectivity index (χ3v) is 2.94. The second-order valence-electron chi connectivity index (χ2n) is 3.72. The number of oxazole rings is 1. The first kappa shape index (κ1) is 12.5. The molecule has 1 amide bonds. The Balaban J connectivity index is 1.85. The number of aromatic nitrogens is 1. The van der Waals surface area contributed by atoms with E-state index in [0.717, 1.165) is 5.69 Å². The van der Waals surface area contributed by atoms with Crippen LogP contribution < -0.4 is 11.1 Å². The molecule has 1 heterocycles. The number of thioether (sulfide) groups is 1. The summed E-state index contributed by atoms with van der Waals surface area (Å²) in [5.41, 5.74) is 7.72. The topological polar surface area (TPSA) is 81.2 Å². The quantitative estimate of drug-likeness (QED) is 0.653. The Kier molecular flexibility index (Phi) is 3.88. The molecule has 5 nitrogen and oxygen atoms in total. The monoisotopic (exact) mass is 263 g/mol. The molecule has 2 rings (SSSR count). The molecule has 0 saturated carbocycles. The fourth-order valence-corrected chi connectivity index (χ4v) is 1.99. The molecule has 2 aromatic rings. The normalized spacial score (nSPS) is 10.3. The molecule has 0 bridgehead atoms. The zero-order chi connectivity index (χ0) is 13.0. The lowest BCUT2D eigenvalue weighted by atomic mass is 10.3. The summed E-state index contributed by atoms with van der Waals surface area (Å²) < 4.78 is 5.14. The molecule has 3 N–H and O–H groups in total. The van der Waals surface area contributed by atoms with Gasteiger partial charge >= 0.3 is 0 Å². The van der Waals surface area contributed by atoms with E-state index in [0.29, 0.717) is 16.6 Å². The van der Waals surface area contributed by atoms with Crippen molar-refractivity contribution in [3.8, 4) is 0 Å². The molecule has 0 saturated heterocycles. The summed E-state index contributed by atoms with van der Waals surface area (Å²) in [7, 11) is 0. The molecule has 0 aliphatic rings. The molecule has 0 spiro atoms. The Hall–Kier alpha value is -1.95. The second kappa shape index (κ2) is 5.59. The van der Waals surface area contributed by atoms with Crippen LogP contribution in [-0.2, 0) is 4.79 Å². The van der Waals surface area contributed by atoms with Gasteiger partial charge in [-0.2, -0.15) is 0 Å². The average Bonchev–Trinajstić information content (AvgIpc) is 2.73. The maximum atomic E-state index is 11.7. The van der Waals surface area contributed by atoms with E-state index in [-0.39, 0.29) is 11.7 Å². The Bertz CT molecular complexity index is 554. The van der Waals surface area contributed by atoms with E-state index in [1.165, 1.54) is 11.8 Å². The first-order valence-corrected chi connectivity index (χ1v) is 6.32. The number of amides is 1. The molecule has 1 aromatic heterocycles. The summed E-state index contributed by atoms with van der Waals surface area (Å²) in [6.07, 6.45) is 1.55. The first-order chi connectivity index (χ1) is 8.63. The number of carbonyl (C=O) groups excluding carboxylic acids is 1. The van der Waals surface area contributed by atoms with Gasteiger partial charge in [0.2, 0.25) is 5.91 Å². The number of anilines is 2. The van der Waals surface area contributed by atoms with Crippen LogP contribution in [0, 0.1) is 6.92 Å². The van der Waals surface area contributed by atoms with Crippen molar-refractivity contribution >= 4 is 29.0 Å². The number of carbonyl (C=O) groups is 1. The Labute approximate surface area is 109 Å². The smallest absolute Gasteiger partial charge is 0.256 e. The molecule has 0 fully saturated rings. The van der Waals surface area contributed by atoms with Crippen molar-refractivity contribution in [3.63, 3.8) is 0 Å². The third-order valence-electron chi connectivity index (χ3n) is 2.10. The van der Waals surface area contributed by atoms with Gasteiger partial charge in [-0.1, -0.05) is 17.8 Å². The molecule has 0 aliphatic carbocycles. The van der Waals surface area contributed by atoms with Crippen molar-refractivity contribution in [3.05, 3.63) is 36.2 Å². The molecule has 94 valence electrons. The van der Waals surface area contributed by atoms with Crippen LogP contribution in [-0.4, -0.2) is 16.6 Å². The highest BCUT2D eigenvalue weighted by Gasteiger charge is 2.07. The lowest BCUT2D eigenvalue weighted by Crippen LogP contribution is -2.14. The highest BCUT2D eigenvalue weighted by molar-refractivity contribution is 7.99. The number of rotatable bonds is 4. The Morgan fingerprint density at radius 3 is 3.06 bits per heavy atom. The van der Waals surface area contributed by atoms with Gasteiger partial charge in [0.15, 0.2) is 0 Å². The predicted molar refractivity (Wildman–Crippen MR) is 71.4 cm³/mol. The van der Waals surface area contributed by atoms with Gasteiger partial charge in [0.25, 0.3) is 5.22 Å². The van der Waals surface area contributed by atoms with E-state index in [1.54, 1.807) is 30.5 Å². The number of nitrogens with two attached hydrogens (primary N) is 1. The van der Waals surface area contributed by atoms with Crippen LogP contribution >= 0.6 is 11.8 Å². The zero-order valence-electron chi connectivity index (χ0n) is 9.84. The van der Waals surface area contributed by atoms with Crippen LogP contribution in [0.3, 0.4) is 0 Å². The summed E-state index contributed by atoms with van der Waals surface area (Å²) in [5, 5.41) is 3.25. The summed E-state index contributed by atoms with van der Waals surface area (Å²) in [4.78, 5) is 15.8. The molecule has 0 radical (unpaired) electrons. The van der Waals surface area contributed by atoms with Gasteiger partial charge in [-0.15, -0.1) is 0 Å². The minimum absolute atomic E-state index is 0.124. The van der Waals surface area contributed by atoms with E-state index in [4.69, 9.17) is 10.2 Å². The molecule has 6 heteroatoms. The highest BCUT2D eigenvalue weighted by atomic mass is 32.2. The maximum Gasteiger partial charge on any atom is 0.256 e. The Morgan fingerprint density at radius 1 is 1.56 bits per heavy atom. The molecule has 0 aliphatic heterocycles. The number of nitrogen functional groups attached to an aromatic ring is 1. The maximum absolute atomic E-state index is 11.7. The van der Waals surface area contributed by atoms with Gasteiger partial charge in [0, 0.05) is 11.4 Å². The number of nitrogens with one attached hydrogen (secondary N) is 1. The molecular weight excluding hydrogens is 250 g/mol. The summed E-state index contributed by atoms with van der Waals surface area (Å²) in [6, 6.07) is 7.04. The van der Waals surface area contributed by atoms with Crippen LogP contribution in [0.5, 0.6) is 0 Å². The van der Waals surface area contributed by atoms with Gasteiger partial charge in [0.05, 0.1) is 11.4 Å². The van der Waals surface area contributed by atoms with Crippen molar-refractivity contribution < 1.29 is 9.21 Å². The van der Waals surface area contributed by atoms with Crippen molar-refractivity contribution in [1.82, 2.24) is 4.98 Å². The average molecular weight is 263 g/mol. The lowest BCUT2D eigenvalue weighted by Gasteiger charge is -2.04. The standard InChI is InChI=1S/C12H13N3O2S/c1-8-6-17-12(14-8)18-7-11(16)15-10-4-2-3-9(13)5-10/h2-6H,7,13H2,1H3,(H,15,16). The third kappa shape index (κ3) is 3.53. The van der Waals surface area contributed by atoms with Gasteiger partial charge in [-0.05, 0) is 25.1 Å². The van der Waals surface area contributed by atoms with E-state index >= 15 is 0 Å². The number of hydrogen-bond donors (Lipinski definition) is 2. The van der Waals surface area contributed by atoms with Crippen molar-refractivity contribution in [2.24, 2.45) is 0 Å². The number of nitrogens with zero attached hydrogens (tertiary/aromatic N) is 1. The van der Waals surface area contributed by atoms with Gasteiger partial charge in [-0.3, -0.25) is 4.79 Å². The summed E-state index contributed by atoms with van der Waals surface area (Å²) >= 11 is 1.25. The fourth-order valence-electron chi connectivity index (χ4n) is 1.34. The molecular formula is C12H13N3O2S. The second-order valence-corrected chi connectivity index (χ2v) is 4.64. The SMILES string of the molecule is Cc1coc(SCC(=O)Nc2cccc(N)c2)n1. The highest BCUT2D eigenvalue weighted by Crippen LogP contribution is 2.17. The van der Waals surface area contributed by atoms with Gasteiger partial charge < -0.3 is 15.5 Å². The van der Waals surface area contributed by atoms with Gasteiger partial charge in [0.1, 0.15) is 6.26 Å². The largest absolute Gasteiger partial charge is 0.440 e. The van der Waals surface area contributed by atoms with Crippen molar-refractivity contribution in [2.45, 2.75) is 12.1 Å². The number of hydrogen-bond acceptors (Lipinski definition) is 5. The van der Waals surface area contributed by atoms with E-state index in [9.17, 15) is 4.79 Å². The van der Waals surface area contributed by atoms with Crippen LogP contribution in [0.4, 0.5) is 11.4 Å². The van der Waals surface area contributed by atoms with E-state index in [2.05, 4.69) is 10.3 Å². The summed E-state index contributed by atoms with van der Waals surface area (Å²) in [5.74, 6) is 0.121. The van der Waals surface area contributed by atoms with Crippen LogP contribution in [0.2, 0.25) is 0 Å².